The molecule has 7 atom stereocenters. The smallest absolute Gasteiger partial charge is 0.319 e. The molecule has 1 unspecified atom stereocenters. The lowest BCUT2D eigenvalue weighted by Gasteiger charge is -2.59. The highest BCUT2D eigenvalue weighted by molar-refractivity contribution is 5.89. The Hall–Kier alpha value is -1.23. The Morgan fingerprint density at radius 3 is 2.65 bits per heavy atom. The fourth-order valence-electron chi connectivity index (χ4n) is 7.24. The van der Waals surface area contributed by atoms with Crippen LogP contribution in [0.2, 0.25) is 0 Å². The average molecular weight is 361 g/mol. The normalized spacial score (nSPS) is 47.7. The summed E-state index contributed by atoms with van der Waals surface area (Å²) in [6, 6.07) is 0. The minimum absolute atomic E-state index is 0.0344. The summed E-state index contributed by atoms with van der Waals surface area (Å²) in [6.07, 6.45) is 6.76. The van der Waals surface area contributed by atoms with Crippen molar-refractivity contribution in [2.75, 3.05) is 6.54 Å². The van der Waals surface area contributed by atoms with Gasteiger partial charge in [0.2, 0.25) is 0 Å². The first-order valence-corrected chi connectivity index (χ1v) is 10.3. The largest absolute Gasteiger partial charge is 0.461 e. The number of carbonyl (C=O) groups is 3. The molecular formula is C21H31NO4. The molecule has 0 radical (unpaired) electrons. The number of Topliss-reactive ketones (excluding diaryl/α,β-unsaturated/α-hetero) is 2. The Morgan fingerprint density at radius 2 is 1.92 bits per heavy atom. The molecule has 0 heterocycles. The molecule has 0 amide bonds. The number of carbonyl (C=O) groups excluding carboxylic acids is 3. The second-order valence-electron chi connectivity index (χ2n) is 9.59. The van der Waals surface area contributed by atoms with E-state index < -0.39 is 17.5 Å². The lowest BCUT2D eigenvalue weighted by Crippen LogP contribution is -2.57. The van der Waals surface area contributed by atoms with E-state index in [1.807, 2.05) is 6.92 Å². The van der Waals surface area contributed by atoms with Gasteiger partial charge in [-0.3, -0.25) is 14.4 Å². The van der Waals surface area contributed by atoms with Gasteiger partial charge in [0, 0.05) is 30.1 Å². The predicted octanol–water partition coefficient (Wildman–Crippen LogP) is 2.65. The van der Waals surface area contributed by atoms with Crippen molar-refractivity contribution >= 4 is 17.5 Å². The molecule has 4 aliphatic carbocycles. The Morgan fingerprint density at radius 1 is 1.15 bits per heavy atom. The molecule has 144 valence electrons. The van der Waals surface area contributed by atoms with Gasteiger partial charge in [-0.05, 0) is 42.9 Å². The molecule has 4 fully saturated rings. The highest BCUT2D eigenvalue weighted by atomic mass is 16.5. The van der Waals surface area contributed by atoms with E-state index in [4.69, 9.17) is 10.5 Å². The number of nitrogens with two attached hydrogens (primary N) is 1. The minimum Gasteiger partial charge on any atom is -0.461 e. The van der Waals surface area contributed by atoms with E-state index in [2.05, 4.69) is 6.92 Å². The van der Waals surface area contributed by atoms with Crippen LogP contribution in [0.15, 0.2) is 0 Å². The molecule has 0 saturated heterocycles. The molecule has 2 N–H and O–H groups in total. The first kappa shape index (κ1) is 18.1. The Kier molecular flexibility index (Phi) is 4.29. The third kappa shape index (κ3) is 2.42. The van der Waals surface area contributed by atoms with Crippen molar-refractivity contribution in [3.05, 3.63) is 0 Å². The molecule has 0 aliphatic heterocycles. The molecule has 26 heavy (non-hydrogen) atoms. The molecule has 4 aliphatic rings. The van der Waals surface area contributed by atoms with Crippen LogP contribution in [0.5, 0.6) is 0 Å². The lowest BCUT2D eigenvalue weighted by atomic mass is 9.45. The zero-order valence-electron chi connectivity index (χ0n) is 16.0. The van der Waals surface area contributed by atoms with Gasteiger partial charge in [-0.1, -0.05) is 26.7 Å². The van der Waals surface area contributed by atoms with E-state index in [1.54, 1.807) is 0 Å². The van der Waals surface area contributed by atoms with Crippen LogP contribution in [0.25, 0.3) is 0 Å². The summed E-state index contributed by atoms with van der Waals surface area (Å²) < 4.78 is 5.62. The maximum absolute atomic E-state index is 13.0. The molecule has 0 aromatic carbocycles. The highest BCUT2D eigenvalue weighted by Crippen LogP contribution is 2.65. The van der Waals surface area contributed by atoms with Crippen molar-refractivity contribution in [3.63, 3.8) is 0 Å². The van der Waals surface area contributed by atoms with E-state index in [0.29, 0.717) is 18.1 Å². The topological polar surface area (TPSA) is 86.5 Å². The van der Waals surface area contributed by atoms with Gasteiger partial charge in [0.25, 0.3) is 0 Å². The summed E-state index contributed by atoms with van der Waals surface area (Å²) in [6.45, 7) is 4.18. The number of hydrogen-bond donors (Lipinski definition) is 1. The van der Waals surface area contributed by atoms with E-state index in [0.717, 1.165) is 32.1 Å². The molecule has 0 bridgehead atoms. The van der Waals surface area contributed by atoms with Gasteiger partial charge < -0.3 is 10.5 Å². The van der Waals surface area contributed by atoms with Gasteiger partial charge in [0.15, 0.2) is 0 Å². The summed E-state index contributed by atoms with van der Waals surface area (Å²) >= 11 is 0. The Balaban J connectivity index is 1.70. The van der Waals surface area contributed by atoms with Crippen LogP contribution in [0.3, 0.4) is 0 Å². The minimum atomic E-state index is -0.459. The molecule has 5 nitrogen and oxygen atoms in total. The number of fused-ring (bicyclic) bond motifs is 5. The zero-order chi connectivity index (χ0) is 18.7. The maximum atomic E-state index is 13.0. The van der Waals surface area contributed by atoms with E-state index in [9.17, 15) is 14.4 Å². The average Bonchev–Trinajstić information content (AvgIpc) is 2.85. The van der Waals surface area contributed by atoms with Crippen LogP contribution in [-0.2, 0) is 19.1 Å². The van der Waals surface area contributed by atoms with Crippen molar-refractivity contribution < 1.29 is 19.1 Å². The zero-order valence-corrected chi connectivity index (χ0v) is 16.0. The van der Waals surface area contributed by atoms with Crippen molar-refractivity contribution in [1.29, 1.82) is 0 Å². The van der Waals surface area contributed by atoms with Gasteiger partial charge in [-0.25, -0.2) is 0 Å². The molecule has 5 heteroatoms. The van der Waals surface area contributed by atoms with Crippen LogP contribution in [0, 0.1) is 34.5 Å². The molecule has 0 spiro atoms. The quantitative estimate of drug-likeness (QED) is 0.764. The lowest BCUT2D eigenvalue weighted by molar-refractivity contribution is -0.167. The van der Waals surface area contributed by atoms with E-state index in [1.165, 1.54) is 6.42 Å². The molecule has 4 saturated carbocycles. The standard InChI is InChI=1S/C21H31NO4/c1-20-7-4-3-5-14(20)15(23)9-12-13(20)6-8-21(2)17(24)10-16(19(12)21)26-18(25)11-22/h12-14,16,19H,3-11,22H2,1-2H3/t12-,13+,14-,16?,19-,20-,21-/m1/s1. The third-order valence-corrected chi connectivity index (χ3v) is 8.49. The van der Waals surface area contributed by atoms with Crippen LogP contribution in [0.4, 0.5) is 0 Å². The number of esters is 1. The number of rotatable bonds is 2. The van der Waals surface area contributed by atoms with Gasteiger partial charge in [0.05, 0.1) is 6.54 Å². The number of ketones is 2. The molecular weight excluding hydrogens is 330 g/mol. The van der Waals surface area contributed by atoms with Crippen LogP contribution < -0.4 is 5.73 Å². The van der Waals surface area contributed by atoms with Gasteiger partial charge in [-0.2, -0.15) is 0 Å². The van der Waals surface area contributed by atoms with Gasteiger partial charge in [-0.15, -0.1) is 0 Å². The summed E-state index contributed by atoms with van der Waals surface area (Å²) in [4.78, 5) is 37.7. The summed E-state index contributed by atoms with van der Waals surface area (Å²) in [5, 5.41) is 0. The third-order valence-electron chi connectivity index (χ3n) is 8.49. The van der Waals surface area contributed by atoms with Crippen LogP contribution >= 0.6 is 0 Å². The van der Waals surface area contributed by atoms with Crippen molar-refractivity contribution in [2.45, 2.75) is 71.3 Å². The van der Waals surface area contributed by atoms with E-state index in [-0.39, 0.29) is 41.9 Å². The summed E-state index contributed by atoms with van der Waals surface area (Å²) in [5.41, 5.74) is 5.02. The SMILES string of the molecule is C[C@]12CCCC[C@@H]1C(=O)C[C@@H]1[C@@H]2CC[C@]2(C)C(=O)CC(OC(=O)CN)[C@@H]12. The second kappa shape index (κ2) is 6.15. The fraction of sp³-hybridized carbons (Fsp3) is 0.857. The number of hydrogen-bond acceptors (Lipinski definition) is 5. The maximum Gasteiger partial charge on any atom is 0.319 e. The first-order valence-electron chi connectivity index (χ1n) is 10.3. The predicted molar refractivity (Wildman–Crippen MR) is 96.1 cm³/mol. The van der Waals surface area contributed by atoms with Crippen molar-refractivity contribution in [3.8, 4) is 0 Å². The molecule has 4 rings (SSSR count). The van der Waals surface area contributed by atoms with Crippen LogP contribution in [0.1, 0.15) is 65.2 Å². The van der Waals surface area contributed by atoms with E-state index >= 15 is 0 Å². The van der Waals surface area contributed by atoms with Gasteiger partial charge in [0.1, 0.15) is 17.7 Å². The van der Waals surface area contributed by atoms with Crippen molar-refractivity contribution in [2.24, 2.45) is 40.2 Å². The fourth-order valence-corrected chi connectivity index (χ4v) is 7.24. The first-order chi connectivity index (χ1) is 12.3. The molecule has 0 aromatic heterocycles. The molecule has 0 aromatic rings. The Labute approximate surface area is 155 Å². The van der Waals surface area contributed by atoms with Crippen LogP contribution in [-0.4, -0.2) is 30.2 Å². The highest BCUT2D eigenvalue weighted by Gasteiger charge is 2.65. The van der Waals surface area contributed by atoms with Crippen molar-refractivity contribution in [1.82, 2.24) is 0 Å². The number of ether oxygens (including phenoxy) is 1. The summed E-state index contributed by atoms with van der Waals surface area (Å²) in [5.74, 6) is 0.881. The van der Waals surface area contributed by atoms with Gasteiger partial charge >= 0.3 is 5.97 Å². The summed E-state index contributed by atoms with van der Waals surface area (Å²) in [7, 11) is 0. The Bertz CT molecular complexity index is 644. The monoisotopic (exact) mass is 361 g/mol. The second-order valence-corrected chi connectivity index (χ2v) is 9.59.